The fourth-order valence-electron chi connectivity index (χ4n) is 5.81. The first-order chi connectivity index (χ1) is 12.6. The van der Waals surface area contributed by atoms with E-state index >= 15 is 0 Å². The summed E-state index contributed by atoms with van der Waals surface area (Å²) in [5.41, 5.74) is -1.22. The lowest BCUT2D eigenvalue weighted by Gasteiger charge is -2.61. The number of nitrogens with one attached hydrogen (secondary N) is 1. The Kier molecular flexibility index (Phi) is 4.24. The third-order valence-corrected chi connectivity index (χ3v) is 8.56. The van der Waals surface area contributed by atoms with Crippen LogP contribution >= 0.6 is 0 Å². The highest BCUT2D eigenvalue weighted by atomic mass is 32.2. The molecule has 4 aliphatic rings. The van der Waals surface area contributed by atoms with Gasteiger partial charge in [-0.1, -0.05) is 6.92 Å². The van der Waals surface area contributed by atoms with Crippen molar-refractivity contribution in [1.82, 2.24) is 4.72 Å². The van der Waals surface area contributed by atoms with Crippen LogP contribution in [0.4, 0.5) is 13.2 Å². The molecule has 4 fully saturated rings. The van der Waals surface area contributed by atoms with Gasteiger partial charge in [-0.3, -0.25) is 0 Å². The highest BCUT2D eigenvalue weighted by molar-refractivity contribution is 7.89. The summed E-state index contributed by atoms with van der Waals surface area (Å²) in [5.74, 6) is 0.754. The highest BCUT2D eigenvalue weighted by Crippen LogP contribution is 2.62. The Labute approximate surface area is 156 Å². The second-order valence-corrected chi connectivity index (χ2v) is 10.2. The fourth-order valence-corrected chi connectivity index (χ4v) is 7.16. The van der Waals surface area contributed by atoms with Crippen molar-refractivity contribution < 1.29 is 26.4 Å². The van der Waals surface area contributed by atoms with Crippen molar-refractivity contribution in [2.75, 3.05) is 0 Å². The van der Waals surface area contributed by atoms with E-state index in [9.17, 15) is 26.4 Å². The van der Waals surface area contributed by atoms with Crippen molar-refractivity contribution in [3.05, 3.63) is 29.8 Å². The number of aldehydes is 1. The van der Waals surface area contributed by atoms with E-state index in [1.807, 2.05) is 6.92 Å². The van der Waals surface area contributed by atoms with E-state index < -0.39 is 21.8 Å². The number of sulfonamides is 1. The zero-order valence-corrected chi connectivity index (χ0v) is 15.7. The maximum Gasteiger partial charge on any atom is 0.416 e. The molecule has 148 valence electrons. The molecule has 0 spiro atoms. The lowest BCUT2D eigenvalue weighted by atomic mass is 9.44. The van der Waals surface area contributed by atoms with Gasteiger partial charge < -0.3 is 4.79 Å². The van der Waals surface area contributed by atoms with Gasteiger partial charge in [0.05, 0.1) is 10.5 Å². The molecule has 1 aromatic rings. The molecule has 0 aromatic heterocycles. The average Bonchev–Trinajstić information content (AvgIpc) is 2.61. The molecule has 4 saturated carbocycles. The van der Waals surface area contributed by atoms with Crippen molar-refractivity contribution >= 4 is 16.3 Å². The molecule has 4 nitrogen and oxygen atoms in total. The number of halogens is 3. The highest BCUT2D eigenvalue weighted by Gasteiger charge is 2.59. The van der Waals surface area contributed by atoms with Crippen molar-refractivity contribution in [1.29, 1.82) is 0 Å². The zero-order valence-electron chi connectivity index (χ0n) is 14.9. The van der Waals surface area contributed by atoms with Gasteiger partial charge in [0.2, 0.25) is 10.0 Å². The Bertz CT molecular complexity index is 852. The second-order valence-electron chi connectivity index (χ2n) is 8.48. The molecule has 6 atom stereocenters. The summed E-state index contributed by atoms with van der Waals surface area (Å²) < 4.78 is 66.4. The van der Waals surface area contributed by atoms with Crippen molar-refractivity contribution in [3.63, 3.8) is 0 Å². The van der Waals surface area contributed by atoms with Crippen LogP contribution in [0.25, 0.3) is 0 Å². The molecule has 4 aliphatic carbocycles. The summed E-state index contributed by atoms with van der Waals surface area (Å²) in [6.45, 7) is 2.02. The Morgan fingerprint density at radius 2 is 1.81 bits per heavy atom. The van der Waals surface area contributed by atoms with Crippen LogP contribution in [0.15, 0.2) is 29.2 Å². The minimum absolute atomic E-state index is 0.0886. The minimum atomic E-state index is -4.50. The lowest BCUT2D eigenvalue weighted by molar-refractivity contribution is -0.146. The topological polar surface area (TPSA) is 63.2 Å². The third-order valence-electron chi connectivity index (χ3n) is 7.09. The Morgan fingerprint density at radius 3 is 2.41 bits per heavy atom. The van der Waals surface area contributed by atoms with Crippen LogP contribution in [0, 0.1) is 29.1 Å². The number of rotatable bonds is 4. The summed E-state index contributed by atoms with van der Waals surface area (Å²) in [6.07, 6.45) is -0.0559. The van der Waals surface area contributed by atoms with Crippen LogP contribution in [0.3, 0.4) is 0 Å². The van der Waals surface area contributed by atoms with Gasteiger partial charge in [0.1, 0.15) is 6.29 Å². The van der Waals surface area contributed by atoms with Gasteiger partial charge in [0, 0.05) is 11.5 Å². The van der Waals surface area contributed by atoms with Crippen molar-refractivity contribution in [2.45, 2.75) is 49.7 Å². The van der Waals surface area contributed by atoms with E-state index in [2.05, 4.69) is 4.72 Å². The van der Waals surface area contributed by atoms with Gasteiger partial charge in [-0.2, -0.15) is 13.2 Å². The van der Waals surface area contributed by atoms with E-state index in [0.717, 1.165) is 49.8 Å². The van der Waals surface area contributed by atoms with Crippen LogP contribution in [0.1, 0.15) is 38.2 Å². The number of benzene rings is 1. The normalized spacial score (nSPS) is 38.1. The van der Waals surface area contributed by atoms with Gasteiger partial charge in [-0.05, 0) is 73.6 Å². The molecule has 0 aliphatic heterocycles. The van der Waals surface area contributed by atoms with Crippen molar-refractivity contribution in [2.24, 2.45) is 29.1 Å². The Morgan fingerprint density at radius 1 is 1.15 bits per heavy atom. The molecule has 4 bridgehead atoms. The summed E-state index contributed by atoms with van der Waals surface area (Å²) in [6, 6.07) is 3.30. The first kappa shape index (κ1) is 18.9. The van der Waals surface area contributed by atoms with E-state index in [-0.39, 0.29) is 34.1 Å². The number of carbonyl (C=O) groups excluding carboxylic acids is 1. The maximum absolute atomic E-state index is 12.8. The Hall–Kier alpha value is -1.41. The molecule has 0 saturated heterocycles. The predicted molar refractivity (Wildman–Crippen MR) is 92.2 cm³/mol. The molecule has 27 heavy (non-hydrogen) atoms. The number of hydrogen-bond acceptors (Lipinski definition) is 3. The SMILES string of the molecule is CC1C2CC3CC(CC1(C=O)C3)C2NS(=O)(=O)c1ccc(C(F)(F)F)cc1. The molecular weight excluding hydrogens is 379 g/mol. The average molecular weight is 401 g/mol. The van der Waals surface area contributed by atoms with Gasteiger partial charge in [0.15, 0.2) is 0 Å². The molecule has 0 radical (unpaired) electrons. The summed E-state index contributed by atoms with van der Waals surface area (Å²) >= 11 is 0. The molecule has 6 unspecified atom stereocenters. The van der Waals surface area contributed by atoms with Crippen LogP contribution in [0.5, 0.6) is 0 Å². The van der Waals surface area contributed by atoms with Crippen molar-refractivity contribution in [3.8, 4) is 0 Å². The molecule has 5 rings (SSSR count). The lowest BCUT2D eigenvalue weighted by Crippen LogP contribution is -2.63. The van der Waals surface area contributed by atoms with Crippen LogP contribution in [-0.2, 0) is 21.0 Å². The number of carbonyl (C=O) groups is 1. The zero-order chi connectivity index (χ0) is 19.6. The largest absolute Gasteiger partial charge is 0.416 e. The van der Waals surface area contributed by atoms with E-state index in [1.54, 1.807) is 0 Å². The van der Waals surface area contributed by atoms with Gasteiger partial charge >= 0.3 is 6.18 Å². The van der Waals surface area contributed by atoms with Gasteiger partial charge in [-0.15, -0.1) is 0 Å². The van der Waals surface area contributed by atoms with Crippen LogP contribution in [0.2, 0.25) is 0 Å². The second kappa shape index (κ2) is 6.04. The maximum atomic E-state index is 12.8. The molecule has 1 N–H and O–H groups in total. The molecule has 0 heterocycles. The summed E-state index contributed by atoms with van der Waals surface area (Å²) in [4.78, 5) is 11.6. The monoisotopic (exact) mass is 401 g/mol. The molecule has 8 heteroatoms. The molecule has 0 amide bonds. The van der Waals surface area contributed by atoms with E-state index in [4.69, 9.17) is 0 Å². The summed E-state index contributed by atoms with van der Waals surface area (Å²) in [7, 11) is -3.92. The van der Waals surface area contributed by atoms with E-state index in [0.29, 0.717) is 12.3 Å². The first-order valence-corrected chi connectivity index (χ1v) is 10.7. The van der Waals surface area contributed by atoms with Gasteiger partial charge in [0.25, 0.3) is 0 Å². The molecule has 1 aromatic carbocycles. The standard InChI is InChI=1S/C19H22F3NO3S/c1-11-16-7-12-6-13(9-18(11,8-12)10-24)17(16)23-27(25,26)15-4-2-14(3-5-15)19(20,21)22/h2-5,10-13,16-17,23H,6-9H2,1H3. The predicted octanol–water partition coefficient (Wildman–Crippen LogP) is 3.62. The number of hydrogen-bond donors (Lipinski definition) is 1. The van der Waals surface area contributed by atoms with Gasteiger partial charge in [-0.25, -0.2) is 13.1 Å². The molecular formula is C19H22F3NO3S. The fraction of sp³-hybridized carbons (Fsp3) is 0.632. The Balaban J connectivity index is 1.58. The first-order valence-electron chi connectivity index (χ1n) is 9.22. The smallest absolute Gasteiger partial charge is 0.303 e. The third kappa shape index (κ3) is 3.01. The van der Waals surface area contributed by atoms with Crippen LogP contribution < -0.4 is 4.72 Å². The number of alkyl halides is 3. The van der Waals surface area contributed by atoms with Crippen LogP contribution in [-0.4, -0.2) is 20.7 Å². The van der Waals surface area contributed by atoms with E-state index in [1.165, 1.54) is 0 Å². The summed E-state index contributed by atoms with van der Waals surface area (Å²) in [5, 5.41) is 0. The minimum Gasteiger partial charge on any atom is -0.303 e. The quantitative estimate of drug-likeness (QED) is 0.784.